The lowest BCUT2D eigenvalue weighted by Crippen LogP contribution is -2.41. The van der Waals surface area contributed by atoms with Gasteiger partial charge in [0.25, 0.3) is 5.88 Å². The van der Waals surface area contributed by atoms with Gasteiger partial charge in [0.05, 0.1) is 5.92 Å². The number of aryl methyl sites for hydroxylation is 2. The van der Waals surface area contributed by atoms with E-state index < -0.39 is 0 Å². The average molecular weight is 437 g/mol. The number of halogens is 1. The normalized spacial score (nSPS) is 16.1. The van der Waals surface area contributed by atoms with Crippen LogP contribution in [0, 0.1) is 19.8 Å². The van der Waals surface area contributed by atoms with Crippen molar-refractivity contribution in [2.45, 2.75) is 26.7 Å². The molecule has 4 rings (SSSR count). The molecule has 1 fully saturated rings. The van der Waals surface area contributed by atoms with Crippen LogP contribution in [0.25, 0.3) is 0 Å². The van der Waals surface area contributed by atoms with Crippen LogP contribution in [-0.4, -0.2) is 29.0 Å². The molecule has 0 unspecified atom stereocenters. The average Bonchev–Trinajstić information content (AvgIpc) is 2.78. The maximum absolute atomic E-state index is 12.9. The first-order valence-corrected chi connectivity index (χ1v) is 10.7. The number of nitrogens with zero attached hydrogens (tertiary/aromatic N) is 3. The highest BCUT2D eigenvalue weighted by molar-refractivity contribution is 6.31. The van der Waals surface area contributed by atoms with Crippen molar-refractivity contribution in [1.29, 1.82) is 0 Å². The minimum Gasteiger partial charge on any atom is -0.436 e. The molecule has 6 nitrogen and oxygen atoms in total. The van der Waals surface area contributed by atoms with Crippen molar-refractivity contribution in [3.05, 3.63) is 71.0 Å². The van der Waals surface area contributed by atoms with Gasteiger partial charge in [0.15, 0.2) is 5.82 Å². The molecule has 7 heteroatoms. The largest absolute Gasteiger partial charge is 0.436 e. The molecule has 1 aromatic heterocycles. The zero-order valence-electron chi connectivity index (χ0n) is 17.6. The first-order valence-electron chi connectivity index (χ1n) is 10.4. The summed E-state index contributed by atoms with van der Waals surface area (Å²) in [5.41, 5.74) is 2.85. The van der Waals surface area contributed by atoms with Crippen LogP contribution in [0.4, 0.5) is 11.5 Å². The number of amides is 1. The molecule has 0 saturated carbocycles. The number of carbonyl (C=O) groups is 1. The summed E-state index contributed by atoms with van der Waals surface area (Å²) in [7, 11) is 0. The van der Waals surface area contributed by atoms with Gasteiger partial charge in [-0.3, -0.25) is 4.79 Å². The molecule has 1 N–H and O–H groups in total. The van der Waals surface area contributed by atoms with E-state index in [1.54, 1.807) is 18.5 Å². The van der Waals surface area contributed by atoms with E-state index >= 15 is 0 Å². The van der Waals surface area contributed by atoms with Crippen molar-refractivity contribution >= 4 is 29.0 Å². The molecular formula is C24H25ClN4O2. The van der Waals surface area contributed by atoms with Gasteiger partial charge in [0.1, 0.15) is 5.75 Å². The van der Waals surface area contributed by atoms with Gasteiger partial charge < -0.3 is 15.0 Å². The van der Waals surface area contributed by atoms with E-state index in [2.05, 4.69) is 20.2 Å². The van der Waals surface area contributed by atoms with Crippen LogP contribution in [0.3, 0.4) is 0 Å². The van der Waals surface area contributed by atoms with Crippen molar-refractivity contribution in [2.75, 3.05) is 23.3 Å². The number of rotatable bonds is 5. The second kappa shape index (κ2) is 9.35. The number of piperidine rings is 1. The van der Waals surface area contributed by atoms with Crippen molar-refractivity contribution in [2.24, 2.45) is 5.92 Å². The quantitative estimate of drug-likeness (QED) is 0.580. The lowest BCUT2D eigenvalue weighted by Gasteiger charge is -2.33. The molecule has 0 radical (unpaired) electrons. The molecule has 160 valence electrons. The van der Waals surface area contributed by atoms with Crippen molar-refractivity contribution in [3.63, 3.8) is 0 Å². The number of nitrogens with one attached hydrogen (secondary N) is 1. The van der Waals surface area contributed by atoms with Crippen LogP contribution in [0.2, 0.25) is 5.02 Å². The van der Waals surface area contributed by atoms with Gasteiger partial charge in [-0.05, 0) is 56.5 Å². The Morgan fingerprint density at radius 2 is 1.90 bits per heavy atom. The summed E-state index contributed by atoms with van der Waals surface area (Å²) < 4.78 is 6.00. The van der Waals surface area contributed by atoms with E-state index in [1.807, 2.05) is 50.2 Å². The van der Waals surface area contributed by atoms with Crippen LogP contribution >= 0.6 is 11.6 Å². The summed E-state index contributed by atoms with van der Waals surface area (Å²) in [5, 5.41) is 3.63. The second-order valence-corrected chi connectivity index (χ2v) is 8.25. The molecule has 1 atom stereocenters. The van der Waals surface area contributed by atoms with Gasteiger partial charge in [-0.2, -0.15) is 0 Å². The number of ether oxygens (including phenoxy) is 1. The molecule has 1 aliphatic rings. The minimum absolute atomic E-state index is 0.0190. The van der Waals surface area contributed by atoms with Gasteiger partial charge >= 0.3 is 0 Å². The van der Waals surface area contributed by atoms with Crippen LogP contribution in [0.15, 0.2) is 54.9 Å². The third kappa shape index (κ3) is 5.14. The predicted octanol–water partition coefficient (Wildman–Crippen LogP) is 5.39. The number of benzene rings is 2. The summed E-state index contributed by atoms with van der Waals surface area (Å²) in [6, 6.07) is 13.4. The highest BCUT2D eigenvalue weighted by Crippen LogP contribution is 2.31. The molecular weight excluding hydrogens is 412 g/mol. The topological polar surface area (TPSA) is 67.4 Å². The Morgan fingerprint density at radius 3 is 2.68 bits per heavy atom. The van der Waals surface area contributed by atoms with Crippen LogP contribution in [0.5, 0.6) is 11.6 Å². The summed E-state index contributed by atoms with van der Waals surface area (Å²) >= 11 is 6.19. The lowest BCUT2D eigenvalue weighted by atomic mass is 9.97. The molecule has 1 saturated heterocycles. The van der Waals surface area contributed by atoms with E-state index in [-0.39, 0.29) is 11.8 Å². The Morgan fingerprint density at radius 1 is 1.13 bits per heavy atom. The van der Waals surface area contributed by atoms with E-state index in [0.717, 1.165) is 30.5 Å². The summed E-state index contributed by atoms with van der Waals surface area (Å²) in [6.07, 6.45) is 4.96. The van der Waals surface area contributed by atoms with E-state index in [0.29, 0.717) is 34.7 Å². The summed E-state index contributed by atoms with van der Waals surface area (Å²) in [5.74, 6) is 1.61. The molecule has 0 aliphatic carbocycles. The molecule has 2 aromatic carbocycles. The fourth-order valence-corrected chi connectivity index (χ4v) is 3.80. The monoisotopic (exact) mass is 436 g/mol. The van der Waals surface area contributed by atoms with E-state index in [4.69, 9.17) is 16.3 Å². The van der Waals surface area contributed by atoms with Crippen molar-refractivity contribution in [1.82, 2.24) is 9.97 Å². The van der Waals surface area contributed by atoms with Gasteiger partial charge in [-0.25, -0.2) is 9.97 Å². The van der Waals surface area contributed by atoms with Crippen LogP contribution in [0.1, 0.15) is 24.0 Å². The zero-order chi connectivity index (χ0) is 21.8. The maximum Gasteiger partial charge on any atom is 0.263 e. The van der Waals surface area contributed by atoms with Gasteiger partial charge in [0, 0.05) is 36.2 Å². The predicted molar refractivity (Wildman–Crippen MR) is 123 cm³/mol. The Labute approximate surface area is 187 Å². The third-order valence-electron chi connectivity index (χ3n) is 5.41. The Kier molecular flexibility index (Phi) is 6.37. The zero-order valence-corrected chi connectivity index (χ0v) is 18.4. The summed E-state index contributed by atoms with van der Waals surface area (Å²) in [4.78, 5) is 23.9. The standard InChI is InChI=1S/C24H25ClN4O2/c1-16-5-9-20(10-6-16)31-24-22(26-11-12-27-24)29-13-3-4-18(15-29)23(30)28-19-8-7-17(2)21(25)14-19/h5-12,14,18H,3-4,13,15H2,1-2H3,(H,28,30)/t18-/m1/s1. The van der Waals surface area contributed by atoms with E-state index in [9.17, 15) is 4.79 Å². The third-order valence-corrected chi connectivity index (χ3v) is 5.82. The Balaban J connectivity index is 1.47. The first-order chi connectivity index (χ1) is 15.0. The van der Waals surface area contributed by atoms with Gasteiger partial charge in [-0.15, -0.1) is 0 Å². The maximum atomic E-state index is 12.9. The minimum atomic E-state index is -0.164. The Hall–Kier alpha value is -3.12. The van der Waals surface area contributed by atoms with Gasteiger partial charge in [-0.1, -0.05) is 35.4 Å². The van der Waals surface area contributed by atoms with Crippen LogP contribution < -0.4 is 15.0 Å². The SMILES string of the molecule is Cc1ccc(Oc2nccnc2N2CCC[C@@H](C(=O)Nc3ccc(C)c(Cl)c3)C2)cc1. The van der Waals surface area contributed by atoms with E-state index in [1.165, 1.54) is 0 Å². The van der Waals surface area contributed by atoms with Gasteiger partial charge in [0.2, 0.25) is 5.91 Å². The molecule has 1 amide bonds. The molecule has 2 heterocycles. The fourth-order valence-electron chi connectivity index (χ4n) is 3.62. The Bertz CT molecular complexity index is 1070. The highest BCUT2D eigenvalue weighted by atomic mass is 35.5. The summed E-state index contributed by atoms with van der Waals surface area (Å²) in [6.45, 7) is 5.31. The highest BCUT2D eigenvalue weighted by Gasteiger charge is 2.28. The number of hydrogen-bond acceptors (Lipinski definition) is 5. The smallest absolute Gasteiger partial charge is 0.263 e. The number of hydrogen-bond donors (Lipinski definition) is 1. The molecule has 1 aliphatic heterocycles. The number of anilines is 2. The van der Waals surface area contributed by atoms with Crippen molar-refractivity contribution < 1.29 is 9.53 Å². The number of carbonyl (C=O) groups excluding carboxylic acids is 1. The lowest BCUT2D eigenvalue weighted by molar-refractivity contribution is -0.120. The fraction of sp³-hybridized carbons (Fsp3) is 0.292. The molecule has 3 aromatic rings. The first kappa shape index (κ1) is 21.1. The molecule has 0 bridgehead atoms. The van der Waals surface area contributed by atoms with Crippen LogP contribution in [-0.2, 0) is 4.79 Å². The van der Waals surface area contributed by atoms with Crippen molar-refractivity contribution in [3.8, 4) is 11.6 Å². The molecule has 0 spiro atoms. The molecule has 31 heavy (non-hydrogen) atoms. The number of aromatic nitrogens is 2. The second-order valence-electron chi connectivity index (χ2n) is 7.84.